The third kappa shape index (κ3) is 12.9. The number of ether oxygens (including phenoxy) is 2. The van der Waals surface area contributed by atoms with E-state index in [-0.39, 0.29) is 17.1 Å². The van der Waals surface area contributed by atoms with Gasteiger partial charge in [0.25, 0.3) is 11.7 Å². The number of Topliss-reactive ketones (excluding diaryl/α,β-unsaturated/α-hetero) is 1. The number of thiol groups is 1. The number of nitrogens with zero attached hydrogens (tertiary/aromatic N) is 1. The molecule has 4 amide bonds. The molecule has 1 aliphatic rings. The van der Waals surface area contributed by atoms with Gasteiger partial charge in [0, 0.05) is 30.1 Å². The second-order valence-electron chi connectivity index (χ2n) is 16.1. The molecule has 0 bridgehead atoms. The summed E-state index contributed by atoms with van der Waals surface area (Å²) in [5.74, 6) is -12.7. The molecule has 13 nitrogen and oxygen atoms in total. The van der Waals surface area contributed by atoms with Crippen molar-refractivity contribution in [1.29, 1.82) is 0 Å². The maximum Gasteiger partial charge on any atom is 0.452 e. The minimum Gasteiger partial charge on any atom is -0.497 e. The first-order valence-corrected chi connectivity index (χ1v) is 20.9. The second-order valence-corrected chi connectivity index (χ2v) is 17.6. The predicted octanol–water partition coefficient (Wildman–Crippen LogP) is 6.03. The lowest BCUT2D eigenvalue weighted by Gasteiger charge is -2.31. The van der Waals surface area contributed by atoms with Crippen LogP contribution in [-0.4, -0.2) is 86.5 Å². The zero-order valence-corrected chi connectivity index (χ0v) is 36.2. The number of halogens is 6. The Morgan fingerprint density at radius 3 is 2.03 bits per heavy atom. The van der Waals surface area contributed by atoms with Crippen LogP contribution in [0.15, 0.2) is 72.8 Å². The first kappa shape index (κ1) is 49.4. The Balaban J connectivity index is 1.76. The highest BCUT2D eigenvalue weighted by atomic mass is 35.5. The van der Waals surface area contributed by atoms with Crippen LogP contribution in [0, 0.1) is 11.8 Å². The van der Waals surface area contributed by atoms with Crippen molar-refractivity contribution in [1.82, 2.24) is 20.9 Å². The van der Waals surface area contributed by atoms with E-state index in [2.05, 4.69) is 16.0 Å². The average molecular weight is 915 g/mol. The number of ketones is 1. The Morgan fingerprint density at radius 1 is 0.887 bits per heavy atom. The molecule has 4 rings (SSSR count). The normalized spacial score (nSPS) is 17.2. The van der Waals surface area contributed by atoms with E-state index in [4.69, 9.17) is 21.1 Å². The first-order chi connectivity index (χ1) is 28.8. The molecule has 0 radical (unpaired) electrons. The van der Waals surface area contributed by atoms with Crippen molar-refractivity contribution in [2.24, 2.45) is 11.8 Å². The number of alkyl halides is 5. The molecule has 5 atom stereocenters. The highest BCUT2D eigenvalue weighted by molar-refractivity contribution is 7.72. The number of hydrogen-bond acceptors (Lipinski definition) is 9. The van der Waals surface area contributed by atoms with Crippen LogP contribution in [0.5, 0.6) is 5.75 Å². The van der Waals surface area contributed by atoms with Gasteiger partial charge in [0.05, 0.1) is 18.4 Å². The Hall–Kier alpha value is -5.30. The van der Waals surface area contributed by atoms with Gasteiger partial charge in [-0.15, -0.1) is 0 Å². The first-order valence-electron chi connectivity index (χ1n) is 19.3. The molecule has 0 spiro atoms. The van der Waals surface area contributed by atoms with Gasteiger partial charge in [-0.1, -0.05) is 74.0 Å². The van der Waals surface area contributed by atoms with Crippen molar-refractivity contribution in [3.63, 3.8) is 0 Å². The molecular formula is C42H48ClF5N4O9S. The minimum absolute atomic E-state index is 0.0116. The summed E-state index contributed by atoms with van der Waals surface area (Å²) >= 11 is 5.93. The number of amides is 4. The van der Waals surface area contributed by atoms with E-state index in [1.807, 2.05) is 0 Å². The van der Waals surface area contributed by atoms with Crippen LogP contribution in [0.4, 0.5) is 26.7 Å². The van der Waals surface area contributed by atoms with Gasteiger partial charge in [-0.25, -0.2) is 13.2 Å². The van der Waals surface area contributed by atoms with Crippen molar-refractivity contribution in [2.45, 2.75) is 95.1 Å². The van der Waals surface area contributed by atoms with Gasteiger partial charge in [0.2, 0.25) is 11.8 Å². The summed E-state index contributed by atoms with van der Waals surface area (Å²) in [5.41, 5.74) is -0.507. The van der Waals surface area contributed by atoms with Crippen molar-refractivity contribution in [3.05, 3.63) is 100 Å². The fraction of sp³-hybridized carbons (Fsp3) is 0.452. The summed E-state index contributed by atoms with van der Waals surface area (Å²) < 4.78 is 109. The number of methoxy groups -OCH3 is 1. The summed E-state index contributed by atoms with van der Waals surface area (Å²) in [7, 11) is -1.97. The maximum absolute atomic E-state index is 15.8. The van der Waals surface area contributed by atoms with Gasteiger partial charge >= 0.3 is 18.2 Å². The van der Waals surface area contributed by atoms with E-state index >= 15 is 8.78 Å². The molecule has 1 heterocycles. The number of alkyl carbamates (subject to hydrolysis) is 1. The van der Waals surface area contributed by atoms with E-state index in [0.717, 1.165) is 17.0 Å². The van der Waals surface area contributed by atoms with Crippen LogP contribution in [0.25, 0.3) is 0 Å². The number of carbonyl (C=O) groups is 5. The topological polar surface area (TPSA) is 177 Å². The molecule has 3 aromatic carbocycles. The Kier molecular flexibility index (Phi) is 16.1. The zero-order chi connectivity index (χ0) is 46.3. The molecule has 0 saturated carbocycles. The number of nitrogens with one attached hydrogen (secondary N) is 3. The fourth-order valence-electron chi connectivity index (χ4n) is 6.90. The van der Waals surface area contributed by atoms with E-state index in [1.165, 1.54) is 69.5 Å². The standard InChI is InChI=1S/C42H48ClF5N4O9S/c1-23(2)33(35(53)42(46,47)48)51-36(54)32-19-27(34(62(58)59)26-14-16-30(60-6)17-15-26)22-52(32)37(55)31(50-38(56)41(44,45)28-8-7-9-29(43)20-28)18-24-10-12-25(13-11-24)21-49-39(57)61-40(3,4)5/h7-17,20,23,27,31-34,62H,18-19,21-22H2,1-6H3,(H,49,57)(H,50,56)(H,51,54)/t27-,31+,32+,33+,34?/m1/s1. The van der Waals surface area contributed by atoms with Gasteiger partial charge in [-0.05, 0) is 80.0 Å². The number of benzene rings is 3. The molecule has 1 saturated heterocycles. The predicted molar refractivity (Wildman–Crippen MR) is 218 cm³/mol. The molecule has 0 aromatic heterocycles. The Bertz CT molecular complexity index is 2170. The average Bonchev–Trinajstić information content (AvgIpc) is 3.62. The largest absolute Gasteiger partial charge is 0.497 e. The van der Waals surface area contributed by atoms with Crippen LogP contribution in [-0.2, 0) is 53.5 Å². The summed E-state index contributed by atoms with van der Waals surface area (Å²) in [6, 6.07) is 10.5. The van der Waals surface area contributed by atoms with Crippen LogP contribution in [0.3, 0.4) is 0 Å². The molecular weight excluding hydrogens is 867 g/mol. The molecule has 0 aliphatic carbocycles. The lowest BCUT2D eigenvalue weighted by Crippen LogP contribution is -2.58. The van der Waals surface area contributed by atoms with E-state index in [0.29, 0.717) is 16.9 Å². The number of rotatable bonds is 16. The maximum atomic E-state index is 15.8. The highest BCUT2D eigenvalue weighted by Gasteiger charge is 2.50. The Labute approximate surface area is 362 Å². The molecule has 1 unspecified atom stereocenters. The summed E-state index contributed by atoms with van der Waals surface area (Å²) in [6.45, 7) is 7.02. The molecule has 3 aromatic rings. The summed E-state index contributed by atoms with van der Waals surface area (Å²) in [6.07, 6.45) is -7.00. The minimum atomic E-state index is -5.36. The van der Waals surface area contributed by atoms with Gasteiger partial charge in [-0.3, -0.25) is 19.2 Å². The van der Waals surface area contributed by atoms with E-state index in [9.17, 15) is 45.6 Å². The number of carbonyl (C=O) groups excluding carboxylic acids is 5. The van der Waals surface area contributed by atoms with Gasteiger partial charge in [-0.2, -0.15) is 22.0 Å². The third-order valence-corrected chi connectivity index (χ3v) is 11.4. The van der Waals surface area contributed by atoms with E-state index < -0.39 is 118 Å². The highest BCUT2D eigenvalue weighted by Crippen LogP contribution is 2.38. The molecule has 1 aliphatic heterocycles. The van der Waals surface area contributed by atoms with Crippen LogP contribution >= 0.6 is 11.6 Å². The number of hydrogen-bond donors (Lipinski definition) is 4. The van der Waals surface area contributed by atoms with E-state index in [1.54, 1.807) is 32.9 Å². The number of likely N-dealkylation sites (tertiary alicyclic amines) is 1. The molecule has 338 valence electrons. The fourth-order valence-corrected chi connectivity index (χ4v) is 8.06. The van der Waals surface area contributed by atoms with Gasteiger partial charge in [0.1, 0.15) is 34.1 Å². The van der Waals surface area contributed by atoms with Crippen molar-refractivity contribution < 1.29 is 63.8 Å². The second kappa shape index (κ2) is 20.3. The third-order valence-electron chi connectivity index (χ3n) is 9.95. The summed E-state index contributed by atoms with van der Waals surface area (Å²) in [4.78, 5) is 67.7. The zero-order valence-electron chi connectivity index (χ0n) is 34.6. The van der Waals surface area contributed by atoms with Crippen LogP contribution in [0.1, 0.15) is 68.5 Å². The smallest absolute Gasteiger partial charge is 0.452 e. The van der Waals surface area contributed by atoms with Gasteiger partial charge in [0.15, 0.2) is 0 Å². The van der Waals surface area contributed by atoms with Gasteiger partial charge < -0.3 is 30.3 Å². The van der Waals surface area contributed by atoms with Crippen molar-refractivity contribution in [3.8, 4) is 5.75 Å². The van der Waals surface area contributed by atoms with Crippen LogP contribution < -0.4 is 20.7 Å². The Morgan fingerprint density at radius 2 is 1.50 bits per heavy atom. The SMILES string of the molecule is COc1ccc(C([C@@H]2C[C@@H](C(=O)N[C@H](C(=O)C(F)(F)F)C(C)C)N(C(=O)[C@H](Cc3ccc(CNC(=O)OC(C)(C)C)cc3)NC(=O)C(F)(F)c3cccc(Cl)c3)C2)[SH](=O)=O)cc1. The molecule has 1 fully saturated rings. The quantitative estimate of drug-likeness (QED) is 0.0987. The van der Waals surface area contributed by atoms with Crippen molar-refractivity contribution in [2.75, 3.05) is 13.7 Å². The summed E-state index contributed by atoms with van der Waals surface area (Å²) in [5, 5.41) is 5.25. The van der Waals surface area contributed by atoms with Crippen molar-refractivity contribution >= 4 is 51.9 Å². The lowest BCUT2D eigenvalue weighted by molar-refractivity contribution is -0.175. The molecule has 20 heteroatoms. The lowest BCUT2D eigenvalue weighted by atomic mass is 9.95. The molecule has 62 heavy (non-hydrogen) atoms. The van der Waals surface area contributed by atoms with Crippen LogP contribution in [0.2, 0.25) is 5.02 Å². The molecule has 3 N–H and O–H groups in total. The monoisotopic (exact) mass is 914 g/mol.